The molecule has 0 spiro atoms. The fourth-order valence-electron chi connectivity index (χ4n) is 3.96. The fourth-order valence-corrected chi connectivity index (χ4v) is 4.98. The summed E-state index contributed by atoms with van der Waals surface area (Å²) in [6, 6.07) is 19.0. The van der Waals surface area contributed by atoms with Crippen molar-refractivity contribution in [2.45, 2.75) is 30.8 Å². The van der Waals surface area contributed by atoms with Crippen LogP contribution in [-0.2, 0) is 23.0 Å². The van der Waals surface area contributed by atoms with Gasteiger partial charge < -0.3 is 14.4 Å². The van der Waals surface area contributed by atoms with Crippen LogP contribution in [0.3, 0.4) is 0 Å². The Labute approximate surface area is 194 Å². The largest absolute Gasteiger partial charge is 0.497 e. The first-order chi connectivity index (χ1) is 15.8. The highest BCUT2D eigenvalue weighted by Crippen LogP contribution is 2.34. The molecule has 7 nitrogen and oxygen atoms in total. The first kappa shape index (κ1) is 22.8. The van der Waals surface area contributed by atoms with Gasteiger partial charge in [0.25, 0.3) is 5.91 Å². The average molecular weight is 467 g/mol. The van der Waals surface area contributed by atoms with E-state index in [0.717, 1.165) is 23.2 Å². The van der Waals surface area contributed by atoms with E-state index in [2.05, 4.69) is 4.72 Å². The lowest BCUT2D eigenvalue weighted by atomic mass is 10.1. The number of fused-ring (bicyclic) bond motifs is 1. The normalized spacial score (nSPS) is 15.2. The molecule has 33 heavy (non-hydrogen) atoms. The minimum Gasteiger partial charge on any atom is -0.497 e. The Hall–Kier alpha value is -3.36. The van der Waals surface area contributed by atoms with Gasteiger partial charge in [0.1, 0.15) is 11.5 Å². The number of amides is 1. The van der Waals surface area contributed by atoms with Crippen molar-refractivity contribution in [2.75, 3.05) is 19.1 Å². The zero-order chi connectivity index (χ0) is 23.6. The molecule has 1 N–H and O–H groups in total. The van der Waals surface area contributed by atoms with Crippen molar-refractivity contribution < 1.29 is 22.7 Å². The number of hydrogen-bond acceptors (Lipinski definition) is 5. The van der Waals surface area contributed by atoms with Gasteiger partial charge in [0.05, 0.1) is 19.1 Å². The lowest BCUT2D eigenvalue weighted by Gasteiger charge is -2.23. The van der Waals surface area contributed by atoms with Crippen molar-refractivity contribution in [1.82, 2.24) is 4.72 Å². The standard InChI is InChI=1S/C25H26N2O5S/c1-17-14-20-5-4-18(16-26-33(29,30)23-12-10-22(32-3)11-13-23)15-24(20)27(17)25(28)19-6-8-21(31-2)9-7-19/h4-13,15,17,26H,14,16H2,1-3H3. The number of hydrogen-bond donors (Lipinski definition) is 1. The summed E-state index contributed by atoms with van der Waals surface area (Å²) in [7, 11) is -0.575. The predicted octanol–water partition coefficient (Wildman–Crippen LogP) is 3.77. The molecule has 0 saturated carbocycles. The highest BCUT2D eigenvalue weighted by molar-refractivity contribution is 7.89. The Morgan fingerprint density at radius 3 is 2.18 bits per heavy atom. The second-order valence-corrected chi connectivity index (χ2v) is 9.69. The number of benzene rings is 3. The zero-order valence-corrected chi connectivity index (χ0v) is 19.6. The van der Waals surface area contributed by atoms with Crippen molar-refractivity contribution in [1.29, 1.82) is 0 Å². The van der Waals surface area contributed by atoms with Gasteiger partial charge in [-0.1, -0.05) is 12.1 Å². The van der Waals surface area contributed by atoms with Gasteiger partial charge in [0.15, 0.2) is 0 Å². The van der Waals surface area contributed by atoms with Gasteiger partial charge in [-0.05, 0) is 79.1 Å². The molecule has 0 aliphatic carbocycles. The summed E-state index contributed by atoms with van der Waals surface area (Å²) in [6.07, 6.45) is 0.745. The Bertz CT molecular complexity index is 1250. The van der Waals surface area contributed by atoms with Crippen molar-refractivity contribution >= 4 is 21.6 Å². The molecule has 8 heteroatoms. The van der Waals surface area contributed by atoms with Crippen molar-refractivity contribution in [3.05, 3.63) is 83.4 Å². The molecule has 1 aliphatic rings. The SMILES string of the molecule is COc1ccc(C(=O)N2c3cc(CNS(=O)(=O)c4ccc(OC)cc4)ccc3CC2C)cc1. The third-order valence-electron chi connectivity index (χ3n) is 5.76. The van der Waals surface area contributed by atoms with Crippen molar-refractivity contribution in [3.63, 3.8) is 0 Å². The van der Waals surface area contributed by atoms with Crippen LogP contribution in [0, 0.1) is 0 Å². The van der Waals surface area contributed by atoms with Crippen LogP contribution in [0.1, 0.15) is 28.4 Å². The second kappa shape index (κ2) is 9.25. The van der Waals surface area contributed by atoms with E-state index in [1.165, 1.54) is 19.2 Å². The number of rotatable bonds is 7. The molecule has 1 atom stereocenters. The van der Waals surface area contributed by atoms with Crippen LogP contribution < -0.4 is 19.1 Å². The smallest absolute Gasteiger partial charge is 0.258 e. The highest BCUT2D eigenvalue weighted by atomic mass is 32.2. The number of sulfonamides is 1. The zero-order valence-electron chi connectivity index (χ0n) is 18.7. The van der Waals surface area contributed by atoms with Gasteiger partial charge in [-0.15, -0.1) is 0 Å². The third-order valence-corrected chi connectivity index (χ3v) is 7.17. The number of ether oxygens (including phenoxy) is 2. The summed E-state index contributed by atoms with van der Waals surface area (Å²) in [5.74, 6) is 1.18. The van der Waals surface area contributed by atoms with Gasteiger partial charge in [0, 0.05) is 23.8 Å². The molecule has 172 valence electrons. The maximum atomic E-state index is 13.2. The van der Waals surface area contributed by atoms with E-state index >= 15 is 0 Å². The van der Waals surface area contributed by atoms with E-state index in [4.69, 9.17) is 9.47 Å². The molecule has 0 bridgehead atoms. The third kappa shape index (κ3) is 4.72. The van der Waals surface area contributed by atoms with Gasteiger partial charge >= 0.3 is 0 Å². The molecule has 1 heterocycles. The Morgan fingerprint density at radius 2 is 1.58 bits per heavy atom. The number of nitrogens with zero attached hydrogens (tertiary/aromatic N) is 1. The molecule has 4 rings (SSSR count). The second-order valence-electron chi connectivity index (χ2n) is 7.92. The molecule has 1 amide bonds. The Balaban J connectivity index is 1.53. The molecule has 3 aromatic rings. The summed E-state index contributed by atoms with van der Waals surface area (Å²) < 4.78 is 38.2. The summed E-state index contributed by atoms with van der Waals surface area (Å²) in [4.78, 5) is 15.2. The molecule has 1 unspecified atom stereocenters. The van der Waals surface area contributed by atoms with Gasteiger partial charge in [-0.25, -0.2) is 13.1 Å². The maximum Gasteiger partial charge on any atom is 0.258 e. The molecule has 1 aliphatic heterocycles. The number of nitrogens with one attached hydrogen (secondary N) is 1. The maximum absolute atomic E-state index is 13.2. The Morgan fingerprint density at radius 1 is 0.970 bits per heavy atom. The minimum absolute atomic E-state index is 0.000780. The number of carbonyl (C=O) groups is 1. The summed E-state index contributed by atoms with van der Waals surface area (Å²) >= 11 is 0. The van der Waals surface area contributed by atoms with E-state index in [-0.39, 0.29) is 23.4 Å². The lowest BCUT2D eigenvalue weighted by Crippen LogP contribution is -2.35. The molecule has 0 saturated heterocycles. The van der Waals surface area contributed by atoms with E-state index in [1.54, 1.807) is 48.4 Å². The number of carbonyl (C=O) groups excluding carboxylic acids is 1. The van der Waals surface area contributed by atoms with Crippen LogP contribution in [0.25, 0.3) is 0 Å². The van der Waals surface area contributed by atoms with E-state index < -0.39 is 10.0 Å². The molecular formula is C25H26N2O5S. The highest BCUT2D eigenvalue weighted by Gasteiger charge is 2.31. The summed E-state index contributed by atoms with van der Waals surface area (Å²) in [6.45, 7) is 2.12. The minimum atomic E-state index is -3.69. The fraction of sp³-hybridized carbons (Fsp3) is 0.240. The predicted molar refractivity (Wildman–Crippen MR) is 126 cm³/mol. The summed E-state index contributed by atoms with van der Waals surface area (Å²) in [5.41, 5.74) is 3.21. The van der Waals surface area contributed by atoms with Crippen LogP contribution >= 0.6 is 0 Å². The summed E-state index contributed by atoms with van der Waals surface area (Å²) in [5, 5.41) is 0. The molecule has 0 fully saturated rings. The average Bonchev–Trinajstić information content (AvgIpc) is 3.17. The van der Waals surface area contributed by atoms with Crippen LogP contribution in [0.5, 0.6) is 11.5 Å². The topological polar surface area (TPSA) is 84.9 Å². The van der Waals surface area contributed by atoms with Crippen LogP contribution in [0.4, 0.5) is 5.69 Å². The first-order valence-corrected chi connectivity index (χ1v) is 12.0. The first-order valence-electron chi connectivity index (χ1n) is 10.6. The van der Waals surface area contributed by atoms with Crippen molar-refractivity contribution in [3.8, 4) is 11.5 Å². The Kier molecular flexibility index (Phi) is 6.40. The monoisotopic (exact) mass is 466 g/mol. The van der Waals surface area contributed by atoms with E-state index in [0.29, 0.717) is 17.1 Å². The van der Waals surface area contributed by atoms with Crippen LogP contribution in [0.15, 0.2) is 71.6 Å². The van der Waals surface area contributed by atoms with Crippen molar-refractivity contribution in [2.24, 2.45) is 0 Å². The van der Waals surface area contributed by atoms with E-state index in [1.807, 2.05) is 25.1 Å². The molecule has 3 aromatic carbocycles. The van der Waals surface area contributed by atoms with Gasteiger partial charge in [-0.3, -0.25) is 4.79 Å². The van der Waals surface area contributed by atoms with E-state index in [9.17, 15) is 13.2 Å². The van der Waals surface area contributed by atoms with Gasteiger partial charge in [0.2, 0.25) is 10.0 Å². The molecular weight excluding hydrogens is 440 g/mol. The molecule has 0 radical (unpaired) electrons. The number of anilines is 1. The van der Waals surface area contributed by atoms with Crippen LogP contribution in [0.2, 0.25) is 0 Å². The quantitative estimate of drug-likeness (QED) is 0.573. The van der Waals surface area contributed by atoms with Gasteiger partial charge in [-0.2, -0.15) is 0 Å². The lowest BCUT2D eigenvalue weighted by molar-refractivity contribution is 0.0981. The molecule has 0 aromatic heterocycles. The van der Waals surface area contributed by atoms with Crippen LogP contribution in [-0.4, -0.2) is 34.6 Å². The number of methoxy groups -OCH3 is 2.